The number of benzene rings is 4. The summed E-state index contributed by atoms with van der Waals surface area (Å²) in [6.07, 6.45) is 3.95. The number of fused-ring (bicyclic) bond motifs is 1. The highest BCUT2D eigenvalue weighted by molar-refractivity contribution is 6.35. The Morgan fingerprint density at radius 1 is 0.938 bits per heavy atom. The summed E-state index contributed by atoms with van der Waals surface area (Å²) in [6.45, 7) is 15.2. The van der Waals surface area contributed by atoms with Gasteiger partial charge in [-0.25, -0.2) is 4.98 Å². The molecule has 48 heavy (non-hydrogen) atoms. The maximum Gasteiger partial charge on any atom is 0.282 e. The fourth-order valence-electron chi connectivity index (χ4n) is 5.48. The van der Waals surface area contributed by atoms with Crippen LogP contribution < -0.4 is 19.8 Å². The highest BCUT2D eigenvalue weighted by Crippen LogP contribution is 2.36. The molecule has 0 aliphatic heterocycles. The first-order valence-corrected chi connectivity index (χ1v) is 16.7. The molecule has 248 valence electrons. The van der Waals surface area contributed by atoms with Crippen LogP contribution in [0.4, 0.5) is 0 Å². The number of allylic oxidation sites excluding steroid dienone is 1. The molecule has 0 amide bonds. The number of hydrogen-bond acceptors (Lipinski definition) is 6. The molecule has 5 aromatic rings. The van der Waals surface area contributed by atoms with Gasteiger partial charge in [0.25, 0.3) is 5.56 Å². The lowest BCUT2D eigenvalue weighted by atomic mass is 9.96. The van der Waals surface area contributed by atoms with E-state index in [0.717, 1.165) is 33.6 Å². The van der Waals surface area contributed by atoms with Crippen molar-refractivity contribution in [1.29, 1.82) is 0 Å². The van der Waals surface area contributed by atoms with Crippen LogP contribution >= 0.6 is 23.2 Å². The van der Waals surface area contributed by atoms with Crippen molar-refractivity contribution in [3.05, 3.63) is 128 Å². The monoisotopic (exact) mass is 683 g/mol. The molecule has 0 saturated carbocycles. The summed E-state index contributed by atoms with van der Waals surface area (Å²) in [7, 11) is 0. The number of nitrogens with zero attached hydrogens (tertiary/aromatic N) is 3. The molecule has 5 rings (SSSR count). The maximum absolute atomic E-state index is 14.0. The quantitative estimate of drug-likeness (QED) is 0.0912. The molecule has 0 unspecified atom stereocenters. The lowest BCUT2D eigenvalue weighted by Gasteiger charge is -2.18. The molecule has 0 aliphatic rings. The number of rotatable bonds is 13. The van der Waals surface area contributed by atoms with E-state index < -0.39 is 0 Å². The Morgan fingerprint density at radius 2 is 1.69 bits per heavy atom. The average Bonchev–Trinajstić information content (AvgIpc) is 3.05. The van der Waals surface area contributed by atoms with E-state index in [9.17, 15) is 4.79 Å². The van der Waals surface area contributed by atoms with Crippen molar-refractivity contribution >= 4 is 40.3 Å². The van der Waals surface area contributed by atoms with Gasteiger partial charge in [-0.1, -0.05) is 61.3 Å². The van der Waals surface area contributed by atoms with Gasteiger partial charge in [-0.15, -0.1) is 6.58 Å². The first-order valence-electron chi connectivity index (χ1n) is 16.0. The first kappa shape index (κ1) is 34.7. The zero-order chi connectivity index (χ0) is 34.4. The molecule has 0 radical (unpaired) electrons. The lowest BCUT2D eigenvalue weighted by Crippen LogP contribution is -2.21. The van der Waals surface area contributed by atoms with E-state index in [-0.39, 0.29) is 18.1 Å². The van der Waals surface area contributed by atoms with Crippen molar-refractivity contribution in [1.82, 2.24) is 9.66 Å². The van der Waals surface area contributed by atoms with Gasteiger partial charge < -0.3 is 14.2 Å². The highest BCUT2D eigenvalue weighted by atomic mass is 35.5. The van der Waals surface area contributed by atoms with Gasteiger partial charge in [0.15, 0.2) is 17.3 Å². The van der Waals surface area contributed by atoms with Crippen LogP contribution in [-0.2, 0) is 13.0 Å². The van der Waals surface area contributed by atoms with Crippen LogP contribution in [-0.4, -0.2) is 29.1 Å². The van der Waals surface area contributed by atoms with E-state index in [0.29, 0.717) is 63.5 Å². The third kappa shape index (κ3) is 7.59. The minimum atomic E-state index is -0.276. The minimum Gasteiger partial charge on any atom is -0.494 e. The van der Waals surface area contributed by atoms with Gasteiger partial charge in [0.2, 0.25) is 0 Å². The van der Waals surface area contributed by atoms with Crippen LogP contribution in [0.25, 0.3) is 22.3 Å². The largest absolute Gasteiger partial charge is 0.494 e. The van der Waals surface area contributed by atoms with Gasteiger partial charge >= 0.3 is 0 Å². The molecule has 4 aromatic carbocycles. The summed E-state index contributed by atoms with van der Waals surface area (Å²) < 4.78 is 19.7. The molecule has 9 heteroatoms. The zero-order valence-corrected chi connectivity index (χ0v) is 29.4. The summed E-state index contributed by atoms with van der Waals surface area (Å²) in [5.74, 6) is 2.57. The summed E-state index contributed by atoms with van der Waals surface area (Å²) in [4.78, 5) is 19.0. The number of hydrogen-bond donors (Lipinski definition) is 0. The molecule has 0 spiro atoms. The SMILES string of the molecule is C=CCc1cc(C=Nn2c(-c3cc(C(C)C)c(OCC)cc3C)nc3ccccc3c2=O)cc(OCC)c1OCc1ccc(Cl)cc1Cl. The van der Waals surface area contributed by atoms with Crippen molar-refractivity contribution in [2.45, 2.75) is 53.6 Å². The second-order valence-electron chi connectivity index (χ2n) is 11.6. The van der Waals surface area contributed by atoms with E-state index in [1.54, 1.807) is 30.5 Å². The molecule has 0 aliphatic carbocycles. The Kier molecular flexibility index (Phi) is 11.2. The standard InChI is InChI=1S/C39H39Cl2N3O4/c1-7-12-27-18-26(19-36(47-9-3)37(27)48-23-28-15-16-29(40)20-33(28)41)22-42-44-38(43-34-14-11-10-13-30(34)39(44)45)32-21-31(24(4)5)35(46-8-2)17-25(32)6/h7,10-11,13-22,24H,1,8-9,12,23H2,2-6H3. The Morgan fingerprint density at radius 3 is 2.40 bits per heavy atom. The Labute approximate surface area is 291 Å². The predicted octanol–water partition coefficient (Wildman–Crippen LogP) is 9.79. The molecular formula is C39H39Cl2N3O4. The van der Waals surface area contributed by atoms with Crippen LogP contribution in [0.5, 0.6) is 17.2 Å². The van der Waals surface area contributed by atoms with Crippen LogP contribution in [0.3, 0.4) is 0 Å². The van der Waals surface area contributed by atoms with Gasteiger partial charge in [0.1, 0.15) is 12.4 Å². The topological polar surface area (TPSA) is 74.9 Å². The summed E-state index contributed by atoms with van der Waals surface area (Å²) in [5, 5.41) is 6.30. The number of aromatic nitrogens is 2. The Hall–Kier alpha value is -4.59. The van der Waals surface area contributed by atoms with Crippen molar-refractivity contribution < 1.29 is 14.2 Å². The molecule has 0 fully saturated rings. The van der Waals surface area contributed by atoms with Crippen LogP contribution in [0.2, 0.25) is 10.0 Å². The summed E-state index contributed by atoms with van der Waals surface area (Å²) in [5.41, 5.74) is 5.41. The normalized spacial score (nSPS) is 11.4. The number of aryl methyl sites for hydroxylation is 1. The molecule has 0 atom stereocenters. The smallest absolute Gasteiger partial charge is 0.282 e. The van der Waals surface area contributed by atoms with E-state index in [2.05, 4.69) is 26.5 Å². The van der Waals surface area contributed by atoms with E-state index in [1.165, 1.54) is 4.68 Å². The third-order valence-corrected chi connectivity index (χ3v) is 8.39. The van der Waals surface area contributed by atoms with Gasteiger partial charge in [-0.3, -0.25) is 4.79 Å². The van der Waals surface area contributed by atoms with Gasteiger partial charge in [-0.2, -0.15) is 9.78 Å². The zero-order valence-electron chi connectivity index (χ0n) is 27.8. The third-order valence-electron chi connectivity index (χ3n) is 7.80. The van der Waals surface area contributed by atoms with Crippen LogP contribution in [0, 0.1) is 6.92 Å². The molecule has 0 saturated heterocycles. The van der Waals surface area contributed by atoms with E-state index in [1.807, 2.05) is 63.2 Å². The molecule has 0 N–H and O–H groups in total. The van der Waals surface area contributed by atoms with Crippen LogP contribution in [0.1, 0.15) is 61.4 Å². The van der Waals surface area contributed by atoms with Gasteiger partial charge in [-0.05, 0) is 98.3 Å². The molecule has 1 heterocycles. The summed E-state index contributed by atoms with van der Waals surface area (Å²) in [6, 6.07) is 20.5. The predicted molar refractivity (Wildman–Crippen MR) is 197 cm³/mol. The number of para-hydroxylation sites is 1. The second kappa shape index (κ2) is 15.5. The molecule has 1 aromatic heterocycles. The van der Waals surface area contributed by atoms with Crippen molar-refractivity contribution in [3.63, 3.8) is 0 Å². The van der Waals surface area contributed by atoms with Crippen molar-refractivity contribution in [2.24, 2.45) is 5.10 Å². The fourth-order valence-corrected chi connectivity index (χ4v) is 5.94. The Balaban J connectivity index is 1.63. The lowest BCUT2D eigenvalue weighted by molar-refractivity contribution is 0.267. The molecular weight excluding hydrogens is 645 g/mol. The molecule has 0 bridgehead atoms. The minimum absolute atomic E-state index is 0.187. The first-order chi connectivity index (χ1) is 23.1. The maximum atomic E-state index is 14.0. The molecule has 7 nitrogen and oxygen atoms in total. The average molecular weight is 685 g/mol. The fraction of sp³-hybridized carbons (Fsp3) is 0.256. The number of ether oxygens (including phenoxy) is 3. The highest BCUT2D eigenvalue weighted by Gasteiger charge is 2.19. The van der Waals surface area contributed by atoms with Crippen LogP contribution in [0.15, 0.2) is 89.3 Å². The van der Waals surface area contributed by atoms with E-state index >= 15 is 0 Å². The Bertz CT molecular complexity index is 2050. The van der Waals surface area contributed by atoms with Crippen molar-refractivity contribution in [3.8, 4) is 28.6 Å². The number of halogens is 2. The summed E-state index contributed by atoms with van der Waals surface area (Å²) >= 11 is 12.5. The van der Waals surface area contributed by atoms with Gasteiger partial charge in [0.05, 0.1) is 30.3 Å². The van der Waals surface area contributed by atoms with E-state index in [4.69, 9.17) is 47.5 Å². The van der Waals surface area contributed by atoms with Gasteiger partial charge in [0, 0.05) is 26.7 Å². The van der Waals surface area contributed by atoms with Crippen molar-refractivity contribution in [2.75, 3.05) is 13.2 Å². The second-order valence-corrected chi connectivity index (χ2v) is 12.4.